The number of halogens is 1. The van der Waals surface area contributed by atoms with Gasteiger partial charge in [0.15, 0.2) is 11.0 Å². The third kappa shape index (κ3) is 6.87. The highest BCUT2D eigenvalue weighted by molar-refractivity contribution is 7.99. The summed E-state index contributed by atoms with van der Waals surface area (Å²) in [5.74, 6) is 1.95. The number of nitrogens with zero attached hydrogens (tertiary/aromatic N) is 5. The second-order valence-corrected chi connectivity index (χ2v) is 10.3. The fourth-order valence-electron chi connectivity index (χ4n) is 3.92. The van der Waals surface area contributed by atoms with Gasteiger partial charge >= 0.3 is 0 Å². The zero-order chi connectivity index (χ0) is 27.2. The number of carbonyl (C=O) groups is 1. The van der Waals surface area contributed by atoms with E-state index in [1.807, 2.05) is 91.2 Å². The summed E-state index contributed by atoms with van der Waals surface area (Å²) in [6.45, 7) is 4.71. The molecule has 0 bridgehead atoms. The molecule has 1 N–H and O–H groups in total. The first-order valence-corrected chi connectivity index (χ1v) is 13.7. The largest absolute Gasteiger partial charge is 0.486 e. The van der Waals surface area contributed by atoms with Gasteiger partial charge in [-0.05, 0) is 55.8 Å². The molecule has 39 heavy (non-hydrogen) atoms. The Morgan fingerprint density at radius 1 is 0.974 bits per heavy atom. The number of anilines is 1. The number of amides is 1. The lowest BCUT2D eigenvalue weighted by molar-refractivity contribution is -0.113. The van der Waals surface area contributed by atoms with Gasteiger partial charge in [0.1, 0.15) is 18.2 Å². The standard InChI is InChI=1S/C29H27ClN6O2S/c1-20-8-12-24(13-9-20)36-26(16-21(2)34-36)31-28(37)19-39-29-33-32-27(18-38-25-14-10-23(30)11-15-25)35(29)17-22-6-4-3-5-7-22/h3-16H,17-19H2,1-2H3,(H,31,37). The third-order valence-corrected chi connectivity index (χ3v) is 7.09. The zero-order valence-electron chi connectivity index (χ0n) is 21.5. The fourth-order valence-corrected chi connectivity index (χ4v) is 4.80. The lowest BCUT2D eigenvalue weighted by Crippen LogP contribution is -2.17. The van der Waals surface area contributed by atoms with Gasteiger partial charge in [-0.1, -0.05) is 71.4 Å². The van der Waals surface area contributed by atoms with E-state index in [1.165, 1.54) is 11.8 Å². The van der Waals surface area contributed by atoms with E-state index >= 15 is 0 Å². The van der Waals surface area contributed by atoms with Crippen molar-refractivity contribution in [1.29, 1.82) is 0 Å². The predicted octanol–water partition coefficient (Wildman–Crippen LogP) is 6.09. The molecule has 0 saturated carbocycles. The van der Waals surface area contributed by atoms with Gasteiger partial charge in [-0.2, -0.15) is 5.10 Å². The maximum Gasteiger partial charge on any atom is 0.236 e. The lowest BCUT2D eigenvalue weighted by Gasteiger charge is -2.12. The molecule has 0 fully saturated rings. The van der Waals surface area contributed by atoms with E-state index in [9.17, 15) is 4.79 Å². The Morgan fingerprint density at radius 3 is 2.46 bits per heavy atom. The molecule has 198 valence electrons. The van der Waals surface area contributed by atoms with E-state index in [2.05, 4.69) is 20.6 Å². The Morgan fingerprint density at radius 2 is 1.72 bits per heavy atom. The van der Waals surface area contributed by atoms with E-state index in [0.29, 0.717) is 34.1 Å². The topological polar surface area (TPSA) is 86.9 Å². The summed E-state index contributed by atoms with van der Waals surface area (Å²) < 4.78 is 9.64. The van der Waals surface area contributed by atoms with Gasteiger partial charge in [-0.3, -0.25) is 9.36 Å². The molecular weight excluding hydrogens is 532 g/mol. The van der Waals surface area contributed by atoms with Crippen LogP contribution in [0.25, 0.3) is 5.69 Å². The number of aryl methyl sites for hydroxylation is 2. The van der Waals surface area contributed by atoms with Gasteiger partial charge in [0.25, 0.3) is 0 Å². The van der Waals surface area contributed by atoms with Crippen molar-refractivity contribution in [3.63, 3.8) is 0 Å². The second-order valence-electron chi connectivity index (χ2n) is 8.97. The molecule has 0 aliphatic carbocycles. The van der Waals surface area contributed by atoms with E-state index < -0.39 is 0 Å². The average Bonchev–Trinajstić information content (AvgIpc) is 3.50. The molecule has 5 aromatic rings. The van der Waals surface area contributed by atoms with E-state index in [0.717, 1.165) is 22.5 Å². The monoisotopic (exact) mass is 558 g/mol. The van der Waals surface area contributed by atoms with Gasteiger partial charge in [0.2, 0.25) is 5.91 Å². The molecule has 0 radical (unpaired) electrons. The minimum atomic E-state index is -0.165. The summed E-state index contributed by atoms with van der Waals surface area (Å²) in [4.78, 5) is 13.0. The number of hydrogen-bond acceptors (Lipinski definition) is 6. The number of hydrogen-bond donors (Lipinski definition) is 1. The average molecular weight is 559 g/mol. The molecule has 3 aromatic carbocycles. The first kappa shape index (κ1) is 26.5. The Labute approximate surface area is 236 Å². The number of nitrogens with one attached hydrogen (secondary N) is 1. The molecule has 0 aliphatic heterocycles. The Bertz CT molecular complexity index is 1550. The highest BCUT2D eigenvalue weighted by atomic mass is 35.5. The lowest BCUT2D eigenvalue weighted by atomic mass is 10.2. The molecular formula is C29H27ClN6O2S. The third-order valence-electron chi connectivity index (χ3n) is 5.87. The van der Waals surface area contributed by atoms with Crippen LogP contribution in [-0.4, -0.2) is 36.2 Å². The van der Waals surface area contributed by atoms with Gasteiger partial charge in [0, 0.05) is 11.1 Å². The van der Waals surface area contributed by atoms with Crippen LogP contribution in [0.3, 0.4) is 0 Å². The number of aromatic nitrogens is 5. The quantitative estimate of drug-likeness (QED) is 0.209. The fraction of sp³-hybridized carbons (Fsp3) is 0.172. The number of rotatable bonds is 10. The molecule has 0 unspecified atom stereocenters. The van der Waals surface area contributed by atoms with Crippen LogP contribution in [0, 0.1) is 13.8 Å². The van der Waals surface area contributed by atoms with Crippen LogP contribution in [0.1, 0.15) is 22.6 Å². The smallest absolute Gasteiger partial charge is 0.236 e. The minimum absolute atomic E-state index is 0.156. The molecule has 0 atom stereocenters. The second kappa shape index (κ2) is 12.2. The van der Waals surface area contributed by atoms with Crippen LogP contribution >= 0.6 is 23.4 Å². The molecule has 0 aliphatic rings. The van der Waals surface area contributed by atoms with E-state index in [-0.39, 0.29) is 18.3 Å². The van der Waals surface area contributed by atoms with Crippen LogP contribution < -0.4 is 10.1 Å². The van der Waals surface area contributed by atoms with Crippen molar-refractivity contribution in [3.8, 4) is 11.4 Å². The Kier molecular flexibility index (Phi) is 8.29. The van der Waals surface area contributed by atoms with Crippen molar-refractivity contribution < 1.29 is 9.53 Å². The van der Waals surface area contributed by atoms with E-state index in [4.69, 9.17) is 16.3 Å². The SMILES string of the molecule is Cc1ccc(-n2nc(C)cc2NC(=O)CSc2nnc(COc3ccc(Cl)cc3)n2Cc2ccccc2)cc1. The summed E-state index contributed by atoms with van der Waals surface area (Å²) in [6.07, 6.45) is 0. The molecule has 10 heteroatoms. The number of ether oxygens (including phenoxy) is 1. The van der Waals surface area contributed by atoms with Crippen LogP contribution in [0.5, 0.6) is 5.75 Å². The number of benzene rings is 3. The van der Waals surface area contributed by atoms with Crippen LogP contribution in [-0.2, 0) is 17.9 Å². The summed E-state index contributed by atoms with van der Waals surface area (Å²) in [7, 11) is 0. The van der Waals surface area contributed by atoms with Crippen LogP contribution in [0.4, 0.5) is 5.82 Å². The van der Waals surface area contributed by atoms with Crippen LogP contribution in [0.2, 0.25) is 5.02 Å². The molecule has 2 heterocycles. The summed E-state index contributed by atoms with van der Waals surface area (Å²) in [5, 5.41) is 17.5. The maximum absolute atomic E-state index is 13.0. The predicted molar refractivity (Wildman–Crippen MR) is 154 cm³/mol. The van der Waals surface area contributed by atoms with Crippen molar-refractivity contribution in [2.24, 2.45) is 0 Å². The minimum Gasteiger partial charge on any atom is -0.486 e. The van der Waals surface area contributed by atoms with Gasteiger partial charge < -0.3 is 10.1 Å². The first-order valence-electron chi connectivity index (χ1n) is 12.4. The highest BCUT2D eigenvalue weighted by Crippen LogP contribution is 2.23. The van der Waals surface area contributed by atoms with Crippen molar-refractivity contribution in [2.75, 3.05) is 11.1 Å². The highest BCUT2D eigenvalue weighted by Gasteiger charge is 2.17. The van der Waals surface area contributed by atoms with Crippen molar-refractivity contribution in [1.82, 2.24) is 24.5 Å². The Balaban J connectivity index is 1.29. The zero-order valence-corrected chi connectivity index (χ0v) is 23.1. The van der Waals surface area contributed by atoms with Crippen molar-refractivity contribution in [3.05, 3.63) is 113 Å². The summed E-state index contributed by atoms with van der Waals surface area (Å²) in [5.41, 5.74) is 3.94. The molecule has 0 spiro atoms. The van der Waals surface area contributed by atoms with Gasteiger partial charge in [0.05, 0.1) is 23.7 Å². The molecule has 8 nitrogen and oxygen atoms in total. The van der Waals surface area contributed by atoms with Crippen molar-refractivity contribution in [2.45, 2.75) is 32.2 Å². The van der Waals surface area contributed by atoms with Crippen molar-refractivity contribution >= 4 is 35.1 Å². The summed E-state index contributed by atoms with van der Waals surface area (Å²) in [6, 6.07) is 27.0. The normalized spacial score (nSPS) is 10.9. The maximum atomic E-state index is 13.0. The molecule has 2 aromatic heterocycles. The van der Waals surface area contributed by atoms with Gasteiger partial charge in [-0.25, -0.2) is 4.68 Å². The van der Waals surface area contributed by atoms with E-state index in [1.54, 1.807) is 16.8 Å². The van der Waals surface area contributed by atoms with Crippen LogP contribution in [0.15, 0.2) is 90.1 Å². The molecule has 5 rings (SSSR count). The Hall–Kier alpha value is -4.08. The summed E-state index contributed by atoms with van der Waals surface area (Å²) >= 11 is 7.31. The van der Waals surface area contributed by atoms with Gasteiger partial charge in [-0.15, -0.1) is 10.2 Å². The molecule has 1 amide bonds. The number of thioether (sulfide) groups is 1. The number of carbonyl (C=O) groups excluding carboxylic acids is 1. The molecule has 0 saturated heterocycles. The first-order chi connectivity index (χ1) is 18.9.